The maximum Gasteiger partial charge on any atom is 0.265 e. The molecule has 1 atom stereocenters. The van der Waals surface area contributed by atoms with Crippen molar-refractivity contribution in [3.63, 3.8) is 0 Å². The fraction of sp³-hybridized carbons (Fsp3) is 0.143. The number of benzene rings is 1. The Hall–Kier alpha value is -1.40. The highest BCUT2D eigenvalue weighted by atomic mass is 79.9. The van der Waals surface area contributed by atoms with Crippen molar-refractivity contribution < 1.29 is 9.53 Å². The maximum absolute atomic E-state index is 12.0. The van der Waals surface area contributed by atoms with Gasteiger partial charge in [-0.05, 0) is 53.2 Å². The fourth-order valence-electron chi connectivity index (χ4n) is 1.50. The molecule has 104 valence electrons. The predicted molar refractivity (Wildman–Crippen MR) is 84.8 cm³/mol. The number of halogens is 2. The molecule has 20 heavy (non-hydrogen) atoms. The molecular weight excluding hydrogens is 388 g/mol. The molecule has 0 spiro atoms. The van der Waals surface area contributed by atoms with Crippen LogP contribution in [0.3, 0.4) is 0 Å². The first-order chi connectivity index (χ1) is 9.56. The Balaban J connectivity index is 2.00. The molecule has 0 unspecified atom stereocenters. The van der Waals surface area contributed by atoms with Crippen molar-refractivity contribution in [3.05, 3.63) is 51.7 Å². The number of hydrogen-bond acceptors (Lipinski definition) is 3. The molecule has 1 aromatic carbocycles. The molecular formula is C14H12Br2N2O2. The minimum absolute atomic E-state index is 0.229. The van der Waals surface area contributed by atoms with Crippen molar-refractivity contribution in [2.75, 3.05) is 5.32 Å². The molecule has 6 heteroatoms. The van der Waals surface area contributed by atoms with E-state index >= 15 is 0 Å². The molecule has 0 saturated heterocycles. The second-order valence-corrected chi connectivity index (χ2v) is 5.84. The first-order valence-electron chi connectivity index (χ1n) is 5.89. The Bertz CT molecular complexity index is 605. The number of nitrogens with one attached hydrogen (secondary N) is 1. The number of carbonyl (C=O) groups is 1. The van der Waals surface area contributed by atoms with Gasteiger partial charge in [-0.25, -0.2) is 0 Å². The fourth-order valence-corrected chi connectivity index (χ4v) is 2.64. The molecule has 0 saturated carbocycles. The van der Waals surface area contributed by atoms with Gasteiger partial charge in [-0.2, -0.15) is 0 Å². The minimum atomic E-state index is -0.618. The Morgan fingerprint density at radius 3 is 2.80 bits per heavy atom. The van der Waals surface area contributed by atoms with Crippen LogP contribution in [-0.2, 0) is 4.79 Å². The Labute approximate surface area is 133 Å². The first-order valence-corrected chi connectivity index (χ1v) is 7.47. The molecule has 4 nitrogen and oxygen atoms in total. The smallest absolute Gasteiger partial charge is 0.265 e. The van der Waals surface area contributed by atoms with Crippen molar-refractivity contribution in [2.24, 2.45) is 0 Å². The Morgan fingerprint density at radius 1 is 1.35 bits per heavy atom. The van der Waals surface area contributed by atoms with Crippen molar-refractivity contribution in [1.82, 2.24) is 4.98 Å². The van der Waals surface area contributed by atoms with E-state index in [1.165, 1.54) is 0 Å². The number of rotatable bonds is 4. The average molecular weight is 400 g/mol. The van der Waals surface area contributed by atoms with Crippen molar-refractivity contribution in [1.29, 1.82) is 0 Å². The number of amides is 1. The maximum atomic E-state index is 12.0. The SMILES string of the molecule is C[C@H](Oc1ccc(Br)cc1Br)C(=O)Nc1cccnc1. The van der Waals surface area contributed by atoms with Gasteiger partial charge in [0.2, 0.25) is 0 Å². The standard InChI is InChI=1S/C14H12Br2N2O2/c1-9(14(19)18-11-3-2-6-17-8-11)20-13-5-4-10(15)7-12(13)16/h2-9H,1H3,(H,18,19)/t9-/m0/s1. The lowest BCUT2D eigenvalue weighted by molar-refractivity contribution is -0.122. The summed E-state index contributed by atoms with van der Waals surface area (Å²) >= 11 is 6.76. The zero-order chi connectivity index (χ0) is 14.5. The number of hydrogen-bond donors (Lipinski definition) is 1. The third kappa shape index (κ3) is 4.05. The molecule has 0 fully saturated rings. The van der Waals surface area contributed by atoms with E-state index in [1.807, 2.05) is 12.1 Å². The number of pyridine rings is 1. The summed E-state index contributed by atoms with van der Waals surface area (Å²) in [6, 6.07) is 9.04. The molecule has 2 aromatic rings. The molecule has 1 N–H and O–H groups in total. The summed E-state index contributed by atoms with van der Waals surface area (Å²) in [6.45, 7) is 1.69. The zero-order valence-electron chi connectivity index (χ0n) is 10.6. The minimum Gasteiger partial charge on any atom is -0.480 e. The van der Waals surface area contributed by atoms with E-state index in [1.54, 1.807) is 37.5 Å². The highest BCUT2D eigenvalue weighted by Crippen LogP contribution is 2.29. The van der Waals surface area contributed by atoms with E-state index in [4.69, 9.17) is 4.74 Å². The van der Waals surface area contributed by atoms with Gasteiger partial charge in [-0.1, -0.05) is 15.9 Å². The Morgan fingerprint density at radius 2 is 2.15 bits per heavy atom. The lowest BCUT2D eigenvalue weighted by Crippen LogP contribution is -2.30. The van der Waals surface area contributed by atoms with Gasteiger partial charge >= 0.3 is 0 Å². The highest BCUT2D eigenvalue weighted by Gasteiger charge is 2.16. The van der Waals surface area contributed by atoms with E-state index in [-0.39, 0.29) is 5.91 Å². The van der Waals surface area contributed by atoms with Gasteiger partial charge < -0.3 is 10.1 Å². The number of anilines is 1. The molecule has 1 amide bonds. The number of carbonyl (C=O) groups excluding carboxylic acids is 1. The van der Waals surface area contributed by atoms with Crippen LogP contribution in [0.15, 0.2) is 51.7 Å². The van der Waals surface area contributed by atoms with Gasteiger partial charge in [0.15, 0.2) is 6.10 Å². The normalized spacial score (nSPS) is 11.8. The number of nitrogens with zero attached hydrogens (tertiary/aromatic N) is 1. The quantitative estimate of drug-likeness (QED) is 0.844. The Kier molecular flexibility index (Phi) is 5.14. The van der Waals surface area contributed by atoms with Crippen molar-refractivity contribution >= 4 is 43.5 Å². The molecule has 0 aliphatic carbocycles. The summed E-state index contributed by atoms with van der Waals surface area (Å²) in [5.74, 6) is 0.384. The summed E-state index contributed by atoms with van der Waals surface area (Å²) < 4.78 is 7.35. The lowest BCUT2D eigenvalue weighted by atomic mass is 10.3. The lowest BCUT2D eigenvalue weighted by Gasteiger charge is -2.15. The van der Waals surface area contributed by atoms with Crippen LogP contribution in [0.5, 0.6) is 5.75 Å². The van der Waals surface area contributed by atoms with E-state index in [9.17, 15) is 4.79 Å². The topological polar surface area (TPSA) is 51.2 Å². The van der Waals surface area contributed by atoms with Crippen LogP contribution in [0.4, 0.5) is 5.69 Å². The van der Waals surface area contributed by atoms with E-state index in [0.717, 1.165) is 8.95 Å². The van der Waals surface area contributed by atoms with Crippen molar-refractivity contribution in [3.8, 4) is 5.75 Å². The molecule has 0 aliphatic heterocycles. The zero-order valence-corrected chi connectivity index (χ0v) is 13.8. The van der Waals surface area contributed by atoms with Crippen LogP contribution >= 0.6 is 31.9 Å². The van der Waals surface area contributed by atoms with E-state index in [2.05, 4.69) is 42.2 Å². The van der Waals surface area contributed by atoms with Crippen molar-refractivity contribution in [2.45, 2.75) is 13.0 Å². The van der Waals surface area contributed by atoms with Crippen LogP contribution in [0.25, 0.3) is 0 Å². The molecule has 1 aromatic heterocycles. The van der Waals surface area contributed by atoms with Gasteiger partial charge in [0.1, 0.15) is 5.75 Å². The number of ether oxygens (including phenoxy) is 1. The van der Waals surface area contributed by atoms with Crippen LogP contribution < -0.4 is 10.1 Å². The summed E-state index contributed by atoms with van der Waals surface area (Å²) in [6.07, 6.45) is 2.61. The van der Waals surface area contributed by atoms with Crippen LogP contribution in [-0.4, -0.2) is 17.0 Å². The molecule has 1 heterocycles. The average Bonchev–Trinajstić information content (AvgIpc) is 2.43. The highest BCUT2D eigenvalue weighted by molar-refractivity contribution is 9.11. The number of aromatic nitrogens is 1. The first kappa shape index (κ1) is 15.0. The summed E-state index contributed by atoms with van der Waals surface area (Å²) in [7, 11) is 0. The second-order valence-electron chi connectivity index (χ2n) is 4.07. The van der Waals surface area contributed by atoms with Gasteiger partial charge in [-0.15, -0.1) is 0 Å². The summed E-state index contributed by atoms with van der Waals surface area (Å²) in [4.78, 5) is 15.9. The largest absolute Gasteiger partial charge is 0.480 e. The molecule has 0 aliphatic rings. The molecule has 0 bridgehead atoms. The second kappa shape index (κ2) is 6.85. The monoisotopic (exact) mass is 398 g/mol. The van der Waals surface area contributed by atoms with Gasteiger partial charge in [0, 0.05) is 10.7 Å². The van der Waals surface area contributed by atoms with Gasteiger partial charge in [-0.3, -0.25) is 9.78 Å². The predicted octanol–water partition coefficient (Wildman–Crippen LogP) is 4.01. The summed E-state index contributed by atoms with van der Waals surface area (Å²) in [5, 5.41) is 2.74. The third-order valence-electron chi connectivity index (χ3n) is 2.50. The van der Waals surface area contributed by atoms with Gasteiger partial charge in [0.05, 0.1) is 16.4 Å². The molecule has 2 rings (SSSR count). The van der Waals surface area contributed by atoms with Crippen LogP contribution in [0.2, 0.25) is 0 Å². The van der Waals surface area contributed by atoms with Gasteiger partial charge in [0.25, 0.3) is 5.91 Å². The van der Waals surface area contributed by atoms with E-state index in [0.29, 0.717) is 11.4 Å². The molecule has 0 radical (unpaired) electrons. The van der Waals surface area contributed by atoms with Crippen LogP contribution in [0.1, 0.15) is 6.92 Å². The van der Waals surface area contributed by atoms with E-state index < -0.39 is 6.10 Å². The summed E-state index contributed by atoms with van der Waals surface area (Å²) in [5.41, 5.74) is 0.642. The third-order valence-corrected chi connectivity index (χ3v) is 3.61. The van der Waals surface area contributed by atoms with Crippen LogP contribution in [0, 0.1) is 0 Å².